The van der Waals surface area contributed by atoms with Crippen LogP contribution in [0.5, 0.6) is 11.8 Å². The summed E-state index contributed by atoms with van der Waals surface area (Å²) in [5.41, 5.74) is 2.62. The summed E-state index contributed by atoms with van der Waals surface area (Å²) >= 11 is 7.51. The van der Waals surface area contributed by atoms with E-state index in [0.29, 0.717) is 34.7 Å². The first kappa shape index (κ1) is 26.7. The number of benzene rings is 1. The lowest BCUT2D eigenvalue weighted by molar-refractivity contribution is -0.124. The van der Waals surface area contributed by atoms with Crippen molar-refractivity contribution in [3.05, 3.63) is 75.4 Å². The zero-order valence-electron chi connectivity index (χ0n) is 22.2. The Kier molecular flexibility index (Phi) is 7.09. The third-order valence-electron chi connectivity index (χ3n) is 6.86. The van der Waals surface area contributed by atoms with Crippen LogP contribution in [-0.4, -0.2) is 50.5 Å². The van der Waals surface area contributed by atoms with Crippen molar-refractivity contribution >= 4 is 39.9 Å². The zero-order chi connectivity index (χ0) is 27.9. The standard InChI is InChI=1S/C28H27ClN6O3S/c1-6-35(5)25(36)17-9-7-16(8-10-17)20-13-11-18-22(19-12-14-21(29)31-24(19)38-23(18)30-20)28(3,4)26(37)32-27-34-33-15(2)39-27/h7-14,22H,6H2,1-5H3,(H,32,34,37). The molecule has 1 aliphatic heterocycles. The van der Waals surface area contributed by atoms with Crippen molar-refractivity contribution < 1.29 is 14.3 Å². The van der Waals surface area contributed by atoms with Gasteiger partial charge in [0.25, 0.3) is 5.91 Å². The summed E-state index contributed by atoms with van der Waals surface area (Å²) in [5, 5.41) is 12.4. The molecular weight excluding hydrogens is 536 g/mol. The van der Waals surface area contributed by atoms with Gasteiger partial charge in [-0.3, -0.25) is 9.59 Å². The fourth-order valence-corrected chi connectivity index (χ4v) is 5.29. The minimum atomic E-state index is -0.946. The van der Waals surface area contributed by atoms with Crippen LogP contribution >= 0.6 is 22.9 Å². The van der Waals surface area contributed by atoms with E-state index >= 15 is 0 Å². The molecule has 0 radical (unpaired) electrons. The molecule has 1 aromatic carbocycles. The van der Waals surface area contributed by atoms with E-state index in [0.717, 1.165) is 21.7 Å². The Morgan fingerprint density at radius 2 is 1.69 bits per heavy atom. The van der Waals surface area contributed by atoms with Gasteiger partial charge in [0, 0.05) is 41.8 Å². The molecule has 1 atom stereocenters. The minimum absolute atomic E-state index is 0.0441. The second-order valence-corrected chi connectivity index (χ2v) is 11.4. The molecule has 0 spiro atoms. The molecule has 2 amide bonds. The topological polar surface area (TPSA) is 110 Å². The maximum atomic E-state index is 13.6. The quantitative estimate of drug-likeness (QED) is 0.289. The SMILES string of the molecule is CCN(C)C(=O)c1ccc(-c2ccc3c(n2)Oc2nc(Cl)ccc2C3C(C)(C)C(=O)Nc2nnc(C)s2)cc1. The number of rotatable bonds is 6. The molecule has 200 valence electrons. The number of hydrogen-bond donors (Lipinski definition) is 1. The predicted octanol–water partition coefficient (Wildman–Crippen LogP) is 5.95. The number of nitrogens with zero attached hydrogens (tertiary/aromatic N) is 5. The van der Waals surface area contributed by atoms with Gasteiger partial charge < -0.3 is 15.0 Å². The van der Waals surface area contributed by atoms with Crippen molar-refractivity contribution in [2.24, 2.45) is 5.41 Å². The minimum Gasteiger partial charge on any atom is -0.420 e. The Morgan fingerprint density at radius 1 is 1.03 bits per heavy atom. The van der Waals surface area contributed by atoms with Gasteiger partial charge >= 0.3 is 0 Å². The third kappa shape index (κ3) is 5.09. The lowest BCUT2D eigenvalue weighted by Gasteiger charge is -2.37. The van der Waals surface area contributed by atoms with Gasteiger partial charge in [0.1, 0.15) is 10.2 Å². The van der Waals surface area contributed by atoms with Crippen molar-refractivity contribution in [3.63, 3.8) is 0 Å². The maximum Gasteiger partial charge on any atom is 0.253 e. The number of fused-ring (bicyclic) bond motifs is 2. The molecule has 0 saturated carbocycles. The van der Waals surface area contributed by atoms with E-state index in [9.17, 15) is 9.59 Å². The maximum absolute atomic E-state index is 13.6. The largest absolute Gasteiger partial charge is 0.420 e. The molecule has 0 bridgehead atoms. The second kappa shape index (κ2) is 10.3. The smallest absolute Gasteiger partial charge is 0.253 e. The molecule has 11 heteroatoms. The van der Waals surface area contributed by atoms with E-state index < -0.39 is 11.3 Å². The van der Waals surface area contributed by atoms with Gasteiger partial charge in [-0.15, -0.1) is 10.2 Å². The second-order valence-electron chi connectivity index (χ2n) is 9.85. The number of aryl methyl sites for hydroxylation is 1. The molecule has 1 N–H and O–H groups in total. The van der Waals surface area contributed by atoms with E-state index in [1.165, 1.54) is 11.3 Å². The number of carbonyl (C=O) groups excluding carboxylic acids is 2. The predicted molar refractivity (Wildman–Crippen MR) is 151 cm³/mol. The van der Waals surface area contributed by atoms with Crippen LogP contribution in [0.2, 0.25) is 5.15 Å². The summed E-state index contributed by atoms with van der Waals surface area (Å²) in [4.78, 5) is 36.9. The molecule has 1 unspecified atom stereocenters. The fourth-order valence-electron chi connectivity index (χ4n) is 4.56. The fraction of sp³-hybridized carbons (Fsp3) is 0.286. The number of hydrogen-bond acceptors (Lipinski definition) is 8. The summed E-state index contributed by atoms with van der Waals surface area (Å²) < 4.78 is 6.14. The molecule has 1 aliphatic rings. The lowest BCUT2D eigenvalue weighted by atomic mass is 9.70. The number of pyridine rings is 2. The summed E-state index contributed by atoms with van der Waals surface area (Å²) in [7, 11) is 1.77. The van der Waals surface area contributed by atoms with Crippen molar-refractivity contribution in [1.82, 2.24) is 25.1 Å². The van der Waals surface area contributed by atoms with Gasteiger partial charge in [0.15, 0.2) is 0 Å². The Balaban J connectivity index is 1.52. The van der Waals surface area contributed by atoms with Crippen LogP contribution in [0.4, 0.5) is 5.13 Å². The van der Waals surface area contributed by atoms with Gasteiger partial charge in [0.05, 0.1) is 11.1 Å². The third-order valence-corrected chi connectivity index (χ3v) is 7.83. The Bertz CT molecular complexity index is 1570. The first-order valence-electron chi connectivity index (χ1n) is 12.4. The van der Waals surface area contributed by atoms with E-state index in [4.69, 9.17) is 21.3 Å². The number of halogens is 1. The Labute approximate surface area is 235 Å². The molecule has 9 nitrogen and oxygen atoms in total. The molecule has 4 aromatic rings. The number of carbonyl (C=O) groups is 2. The molecule has 0 aliphatic carbocycles. The average Bonchev–Trinajstić information content (AvgIpc) is 3.34. The van der Waals surface area contributed by atoms with Gasteiger partial charge in [0.2, 0.25) is 22.8 Å². The highest BCUT2D eigenvalue weighted by Crippen LogP contribution is 2.51. The number of ether oxygens (including phenoxy) is 1. The highest BCUT2D eigenvalue weighted by Gasteiger charge is 2.45. The monoisotopic (exact) mass is 562 g/mol. The first-order valence-corrected chi connectivity index (χ1v) is 13.6. The summed E-state index contributed by atoms with van der Waals surface area (Å²) in [6, 6.07) is 14.6. The molecule has 0 saturated heterocycles. The summed E-state index contributed by atoms with van der Waals surface area (Å²) in [6.45, 7) is 8.12. The molecule has 39 heavy (non-hydrogen) atoms. The van der Waals surface area contributed by atoms with E-state index in [2.05, 4.69) is 20.5 Å². The molecule has 3 aromatic heterocycles. The molecular formula is C28H27ClN6O3S. The Hall–Kier alpha value is -3.89. The number of nitrogens with one attached hydrogen (secondary N) is 1. The van der Waals surface area contributed by atoms with Crippen LogP contribution in [0, 0.1) is 12.3 Å². The van der Waals surface area contributed by atoms with Gasteiger partial charge in [-0.2, -0.15) is 0 Å². The van der Waals surface area contributed by atoms with Gasteiger partial charge in [-0.05, 0) is 44.2 Å². The number of anilines is 1. The molecule has 4 heterocycles. The van der Waals surface area contributed by atoms with Crippen LogP contribution in [-0.2, 0) is 4.79 Å². The highest BCUT2D eigenvalue weighted by molar-refractivity contribution is 7.15. The van der Waals surface area contributed by atoms with Crippen molar-refractivity contribution in [1.29, 1.82) is 0 Å². The summed E-state index contributed by atoms with van der Waals surface area (Å²) in [5.74, 6) is -0.0450. The highest BCUT2D eigenvalue weighted by atomic mass is 35.5. The number of amides is 2. The molecule has 5 rings (SSSR count). The Morgan fingerprint density at radius 3 is 2.33 bits per heavy atom. The van der Waals surface area contributed by atoms with Crippen LogP contribution < -0.4 is 10.1 Å². The van der Waals surface area contributed by atoms with Crippen molar-refractivity contribution in [2.75, 3.05) is 18.9 Å². The normalized spacial score (nSPS) is 14.2. The van der Waals surface area contributed by atoms with Gasteiger partial charge in [-0.1, -0.05) is 55.0 Å². The van der Waals surface area contributed by atoms with Crippen molar-refractivity contribution in [3.8, 4) is 23.0 Å². The van der Waals surface area contributed by atoms with E-state index in [1.54, 1.807) is 30.1 Å². The zero-order valence-corrected chi connectivity index (χ0v) is 23.7. The number of aromatic nitrogens is 4. The summed E-state index contributed by atoms with van der Waals surface area (Å²) in [6.07, 6.45) is 0. The van der Waals surface area contributed by atoms with Crippen molar-refractivity contribution in [2.45, 2.75) is 33.6 Å². The van der Waals surface area contributed by atoms with Crippen LogP contribution in [0.1, 0.15) is 53.2 Å². The van der Waals surface area contributed by atoms with Crippen LogP contribution in [0.25, 0.3) is 11.3 Å². The van der Waals surface area contributed by atoms with Crippen LogP contribution in [0.15, 0.2) is 48.5 Å². The van der Waals surface area contributed by atoms with E-state index in [1.807, 2.05) is 58.0 Å². The van der Waals surface area contributed by atoms with Gasteiger partial charge in [-0.25, -0.2) is 9.97 Å². The lowest BCUT2D eigenvalue weighted by Crippen LogP contribution is -2.38. The van der Waals surface area contributed by atoms with E-state index in [-0.39, 0.29) is 17.0 Å². The average molecular weight is 563 g/mol. The van der Waals surface area contributed by atoms with Crippen LogP contribution in [0.3, 0.4) is 0 Å². The molecule has 0 fully saturated rings. The first-order chi connectivity index (χ1) is 18.6.